The standard InChI is InChI=1S/C12H13ClN2O2/c1-2-11-14-15-12(17-11)9-5-3-8(4-6-9)10(16)7-13/h3-6,10,16H,2,7H2,1H3. The average Bonchev–Trinajstić information content (AvgIpc) is 2.87. The first kappa shape index (κ1) is 12.1. The van der Waals surface area contributed by atoms with E-state index in [2.05, 4.69) is 10.2 Å². The molecule has 2 rings (SSSR count). The second kappa shape index (κ2) is 5.29. The zero-order valence-electron chi connectivity index (χ0n) is 9.43. The molecule has 1 aromatic carbocycles. The summed E-state index contributed by atoms with van der Waals surface area (Å²) in [6.45, 7) is 1.96. The number of aryl methyl sites for hydroxylation is 1. The van der Waals surface area contributed by atoms with Crippen LogP contribution in [0, 0.1) is 0 Å². The van der Waals surface area contributed by atoms with Crippen LogP contribution in [0.25, 0.3) is 11.5 Å². The number of halogens is 1. The third kappa shape index (κ3) is 2.65. The van der Waals surface area contributed by atoms with E-state index >= 15 is 0 Å². The van der Waals surface area contributed by atoms with E-state index in [9.17, 15) is 5.11 Å². The maximum Gasteiger partial charge on any atom is 0.247 e. The molecule has 90 valence electrons. The van der Waals surface area contributed by atoms with Gasteiger partial charge in [0, 0.05) is 12.0 Å². The molecule has 0 aliphatic rings. The van der Waals surface area contributed by atoms with Crippen LogP contribution in [0.4, 0.5) is 0 Å². The molecule has 1 unspecified atom stereocenters. The minimum absolute atomic E-state index is 0.180. The van der Waals surface area contributed by atoms with Crippen LogP contribution >= 0.6 is 11.6 Å². The number of nitrogens with zero attached hydrogens (tertiary/aromatic N) is 2. The van der Waals surface area contributed by atoms with Gasteiger partial charge in [0.1, 0.15) is 0 Å². The van der Waals surface area contributed by atoms with Crippen molar-refractivity contribution in [3.8, 4) is 11.5 Å². The van der Waals surface area contributed by atoms with Crippen molar-refractivity contribution in [1.82, 2.24) is 10.2 Å². The molecule has 1 N–H and O–H groups in total. The molecular weight excluding hydrogens is 240 g/mol. The van der Waals surface area contributed by atoms with Crippen molar-refractivity contribution in [3.05, 3.63) is 35.7 Å². The molecule has 0 bridgehead atoms. The van der Waals surface area contributed by atoms with Gasteiger partial charge in [0.05, 0.1) is 12.0 Å². The molecular formula is C12H13ClN2O2. The Kier molecular flexibility index (Phi) is 3.76. The lowest BCUT2D eigenvalue weighted by Crippen LogP contribution is -1.97. The Bertz CT molecular complexity index is 482. The Hall–Kier alpha value is -1.39. The van der Waals surface area contributed by atoms with Crippen molar-refractivity contribution >= 4 is 11.6 Å². The number of aliphatic hydroxyl groups is 1. The molecule has 0 saturated heterocycles. The van der Waals surface area contributed by atoms with E-state index in [0.29, 0.717) is 11.8 Å². The first-order chi connectivity index (χ1) is 8.24. The number of aliphatic hydroxyl groups excluding tert-OH is 1. The van der Waals surface area contributed by atoms with Crippen LogP contribution in [0.15, 0.2) is 28.7 Å². The number of hydrogen-bond donors (Lipinski definition) is 1. The molecule has 0 amide bonds. The van der Waals surface area contributed by atoms with E-state index in [1.54, 1.807) is 12.1 Å². The highest BCUT2D eigenvalue weighted by atomic mass is 35.5. The first-order valence-electron chi connectivity index (χ1n) is 5.41. The van der Waals surface area contributed by atoms with Gasteiger partial charge in [-0.3, -0.25) is 0 Å². The van der Waals surface area contributed by atoms with Crippen LogP contribution in [0.3, 0.4) is 0 Å². The molecule has 1 heterocycles. The second-order valence-electron chi connectivity index (χ2n) is 3.65. The van der Waals surface area contributed by atoms with Gasteiger partial charge < -0.3 is 9.52 Å². The summed E-state index contributed by atoms with van der Waals surface area (Å²) in [7, 11) is 0. The predicted octanol–water partition coefficient (Wildman–Crippen LogP) is 2.57. The first-order valence-corrected chi connectivity index (χ1v) is 5.94. The van der Waals surface area contributed by atoms with Gasteiger partial charge in [0.15, 0.2) is 0 Å². The number of alkyl halides is 1. The molecule has 4 nitrogen and oxygen atoms in total. The predicted molar refractivity (Wildman–Crippen MR) is 64.8 cm³/mol. The summed E-state index contributed by atoms with van der Waals surface area (Å²) in [5.74, 6) is 1.29. The maximum absolute atomic E-state index is 9.55. The minimum atomic E-state index is -0.639. The van der Waals surface area contributed by atoms with E-state index in [1.807, 2.05) is 19.1 Å². The van der Waals surface area contributed by atoms with Crippen molar-refractivity contribution in [2.45, 2.75) is 19.4 Å². The molecule has 0 spiro atoms. The fourth-order valence-electron chi connectivity index (χ4n) is 1.45. The lowest BCUT2D eigenvalue weighted by atomic mass is 10.1. The van der Waals surface area contributed by atoms with Crippen molar-refractivity contribution in [2.24, 2.45) is 0 Å². The van der Waals surface area contributed by atoms with Crippen LogP contribution < -0.4 is 0 Å². The Morgan fingerprint density at radius 3 is 2.53 bits per heavy atom. The lowest BCUT2D eigenvalue weighted by molar-refractivity contribution is 0.202. The van der Waals surface area contributed by atoms with Crippen LogP contribution in [-0.4, -0.2) is 21.2 Å². The molecule has 0 aliphatic heterocycles. The average molecular weight is 253 g/mol. The molecule has 2 aromatic rings. The van der Waals surface area contributed by atoms with Gasteiger partial charge >= 0.3 is 0 Å². The quantitative estimate of drug-likeness (QED) is 0.850. The Balaban J connectivity index is 2.22. The van der Waals surface area contributed by atoms with Crippen LogP contribution in [0.5, 0.6) is 0 Å². The van der Waals surface area contributed by atoms with Gasteiger partial charge in [-0.05, 0) is 17.7 Å². The van der Waals surface area contributed by atoms with Crippen molar-refractivity contribution in [1.29, 1.82) is 0 Å². The summed E-state index contributed by atoms with van der Waals surface area (Å²) >= 11 is 5.57. The van der Waals surface area contributed by atoms with Gasteiger partial charge in [-0.1, -0.05) is 19.1 Å². The van der Waals surface area contributed by atoms with Crippen LogP contribution in [0.2, 0.25) is 0 Å². The largest absolute Gasteiger partial charge is 0.421 e. The number of rotatable bonds is 4. The van der Waals surface area contributed by atoms with Crippen LogP contribution in [-0.2, 0) is 6.42 Å². The SMILES string of the molecule is CCc1nnc(-c2ccc(C(O)CCl)cc2)o1. The highest BCUT2D eigenvalue weighted by Gasteiger charge is 2.09. The molecule has 17 heavy (non-hydrogen) atoms. The fraction of sp³-hybridized carbons (Fsp3) is 0.333. The Morgan fingerprint density at radius 1 is 1.29 bits per heavy atom. The lowest BCUT2D eigenvalue weighted by Gasteiger charge is -2.06. The minimum Gasteiger partial charge on any atom is -0.421 e. The Morgan fingerprint density at radius 2 is 2.00 bits per heavy atom. The topological polar surface area (TPSA) is 59.2 Å². The molecule has 0 aliphatic carbocycles. The van der Waals surface area contributed by atoms with Crippen molar-refractivity contribution in [3.63, 3.8) is 0 Å². The monoisotopic (exact) mass is 252 g/mol. The molecule has 5 heteroatoms. The van der Waals surface area contributed by atoms with Crippen molar-refractivity contribution < 1.29 is 9.52 Å². The van der Waals surface area contributed by atoms with Gasteiger partial charge in [-0.15, -0.1) is 21.8 Å². The summed E-state index contributed by atoms with van der Waals surface area (Å²) in [4.78, 5) is 0. The van der Waals surface area contributed by atoms with E-state index < -0.39 is 6.10 Å². The zero-order chi connectivity index (χ0) is 12.3. The van der Waals surface area contributed by atoms with Gasteiger partial charge in [-0.25, -0.2) is 0 Å². The molecule has 0 radical (unpaired) electrons. The smallest absolute Gasteiger partial charge is 0.247 e. The van der Waals surface area contributed by atoms with E-state index in [0.717, 1.165) is 17.5 Å². The Labute approximate surface area is 104 Å². The van der Waals surface area contributed by atoms with Crippen molar-refractivity contribution in [2.75, 3.05) is 5.88 Å². The van der Waals surface area contributed by atoms with E-state index in [4.69, 9.17) is 16.0 Å². The summed E-state index contributed by atoms with van der Waals surface area (Å²) in [6, 6.07) is 7.27. The van der Waals surface area contributed by atoms with Gasteiger partial charge in [0.25, 0.3) is 0 Å². The van der Waals surface area contributed by atoms with E-state index in [1.165, 1.54) is 0 Å². The zero-order valence-corrected chi connectivity index (χ0v) is 10.2. The maximum atomic E-state index is 9.55. The molecule has 0 fully saturated rings. The van der Waals surface area contributed by atoms with Crippen LogP contribution in [0.1, 0.15) is 24.5 Å². The third-order valence-electron chi connectivity index (χ3n) is 2.46. The van der Waals surface area contributed by atoms with E-state index in [-0.39, 0.29) is 5.88 Å². The molecule has 1 atom stereocenters. The molecule has 0 saturated carbocycles. The number of benzene rings is 1. The summed E-state index contributed by atoms with van der Waals surface area (Å²) in [5.41, 5.74) is 1.61. The summed E-state index contributed by atoms with van der Waals surface area (Å²) in [5, 5.41) is 17.4. The third-order valence-corrected chi connectivity index (χ3v) is 2.75. The van der Waals surface area contributed by atoms with Gasteiger partial charge in [-0.2, -0.15) is 0 Å². The summed E-state index contributed by atoms with van der Waals surface area (Å²) < 4.78 is 5.43. The normalized spacial score (nSPS) is 12.6. The van der Waals surface area contributed by atoms with Gasteiger partial charge in [0.2, 0.25) is 11.8 Å². The molecule has 1 aromatic heterocycles. The number of hydrogen-bond acceptors (Lipinski definition) is 4. The fourth-order valence-corrected chi connectivity index (χ4v) is 1.63. The summed E-state index contributed by atoms with van der Waals surface area (Å²) in [6.07, 6.45) is 0.0790. The number of aromatic nitrogens is 2. The highest BCUT2D eigenvalue weighted by molar-refractivity contribution is 6.18. The highest BCUT2D eigenvalue weighted by Crippen LogP contribution is 2.21. The second-order valence-corrected chi connectivity index (χ2v) is 3.96.